The molecule has 0 saturated heterocycles. The van der Waals surface area contributed by atoms with E-state index in [0.717, 1.165) is 23.3 Å². The van der Waals surface area contributed by atoms with Crippen LogP contribution in [-0.4, -0.2) is 9.55 Å². The molecule has 0 aliphatic carbocycles. The second kappa shape index (κ2) is 11.2. The highest BCUT2D eigenvalue weighted by Gasteiger charge is 2.19. The normalized spacial score (nSPS) is 12.2. The van der Waals surface area contributed by atoms with Gasteiger partial charge in [0, 0.05) is 11.6 Å². The number of imidazole rings is 1. The molecule has 1 heterocycles. The lowest BCUT2D eigenvalue weighted by Crippen LogP contribution is -2.05. The maximum atomic E-state index is 5.22. The van der Waals surface area contributed by atoms with Gasteiger partial charge in [0.05, 0.1) is 11.0 Å². The Morgan fingerprint density at radius 2 is 0.978 bits per heavy atom. The van der Waals surface area contributed by atoms with Gasteiger partial charge < -0.3 is 4.57 Å². The predicted octanol–water partition coefficient (Wildman–Crippen LogP) is 12.0. The van der Waals surface area contributed by atoms with Crippen molar-refractivity contribution in [3.05, 3.63) is 152 Å². The van der Waals surface area contributed by atoms with Gasteiger partial charge in [-0.25, -0.2) is 4.98 Å². The molecule has 1 aromatic heterocycles. The summed E-state index contributed by atoms with van der Waals surface area (Å²) >= 11 is 0. The summed E-state index contributed by atoms with van der Waals surface area (Å²) in [5, 5.41) is 5.05. The summed E-state index contributed by atoms with van der Waals surface area (Å²) in [5.74, 6) is 1.03. The van der Waals surface area contributed by atoms with Gasteiger partial charge in [0.25, 0.3) is 0 Å². The topological polar surface area (TPSA) is 17.8 Å². The molecule has 0 amide bonds. The molecule has 8 rings (SSSR count). The minimum atomic E-state index is 0.342. The summed E-state index contributed by atoms with van der Waals surface area (Å²) < 4.78 is 2.40. The Balaban J connectivity index is 1.39. The number of hydrogen-bond donors (Lipinski definition) is 0. The highest BCUT2D eigenvalue weighted by atomic mass is 15.1. The van der Waals surface area contributed by atoms with Crippen molar-refractivity contribution in [1.29, 1.82) is 0 Å². The lowest BCUT2D eigenvalue weighted by molar-refractivity contribution is 0.550. The van der Waals surface area contributed by atoms with Crippen LogP contribution >= 0.6 is 0 Å². The number of hydrogen-bond acceptors (Lipinski definition) is 1. The van der Waals surface area contributed by atoms with Gasteiger partial charge in [-0.15, -0.1) is 0 Å². The second-order valence-corrected chi connectivity index (χ2v) is 11.9. The molecule has 2 nitrogen and oxygen atoms in total. The van der Waals surface area contributed by atoms with E-state index in [2.05, 4.69) is 170 Å². The monoisotopic (exact) mass is 578 g/mol. The van der Waals surface area contributed by atoms with E-state index in [1.807, 2.05) is 0 Å². The van der Waals surface area contributed by atoms with Crippen LogP contribution in [0.15, 0.2) is 152 Å². The van der Waals surface area contributed by atoms with Crippen molar-refractivity contribution in [2.24, 2.45) is 0 Å². The fourth-order valence-corrected chi connectivity index (χ4v) is 6.89. The Hall–Kier alpha value is -5.47. The highest BCUT2D eigenvalue weighted by molar-refractivity contribution is 6.22. The fourth-order valence-electron chi connectivity index (χ4n) is 6.89. The molecule has 8 aromatic rings. The second-order valence-electron chi connectivity index (χ2n) is 11.9. The van der Waals surface area contributed by atoms with Gasteiger partial charge in [-0.05, 0) is 86.5 Å². The van der Waals surface area contributed by atoms with Crippen molar-refractivity contribution < 1.29 is 0 Å². The van der Waals surface area contributed by atoms with E-state index in [1.165, 1.54) is 60.4 Å². The lowest BCUT2D eigenvalue weighted by atomic mass is 9.85. The van der Waals surface area contributed by atoms with Crippen molar-refractivity contribution in [3.63, 3.8) is 0 Å². The van der Waals surface area contributed by atoms with E-state index >= 15 is 0 Å². The van der Waals surface area contributed by atoms with Crippen molar-refractivity contribution in [3.8, 4) is 44.8 Å². The molecule has 0 N–H and O–H groups in total. The Morgan fingerprint density at radius 3 is 1.58 bits per heavy atom. The highest BCUT2D eigenvalue weighted by Crippen LogP contribution is 2.45. The smallest absolute Gasteiger partial charge is 0.141 e. The van der Waals surface area contributed by atoms with Crippen LogP contribution in [0.25, 0.3) is 77.3 Å². The van der Waals surface area contributed by atoms with Gasteiger partial charge in [0.15, 0.2) is 0 Å². The van der Waals surface area contributed by atoms with Crippen LogP contribution in [0, 0.1) is 0 Å². The number of rotatable bonds is 6. The molecule has 0 spiro atoms. The van der Waals surface area contributed by atoms with Crippen LogP contribution in [0.5, 0.6) is 0 Å². The van der Waals surface area contributed by atoms with Gasteiger partial charge in [0.1, 0.15) is 5.82 Å². The summed E-state index contributed by atoms with van der Waals surface area (Å²) in [5.41, 5.74) is 10.7. The third kappa shape index (κ3) is 4.62. The Kier molecular flexibility index (Phi) is 6.76. The summed E-state index contributed by atoms with van der Waals surface area (Å²) in [6.45, 7) is 4.52. The van der Waals surface area contributed by atoms with E-state index in [-0.39, 0.29) is 0 Å². The first-order chi connectivity index (χ1) is 22.2. The molecule has 2 heteroatoms. The van der Waals surface area contributed by atoms with Crippen molar-refractivity contribution in [1.82, 2.24) is 9.55 Å². The van der Waals surface area contributed by atoms with Crippen LogP contribution in [0.3, 0.4) is 0 Å². The zero-order valence-electron chi connectivity index (χ0n) is 25.6. The maximum Gasteiger partial charge on any atom is 0.141 e. The molecule has 7 aromatic carbocycles. The molecule has 1 atom stereocenters. The van der Waals surface area contributed by atoms with Gasteiger partial charge in [-0.2, -0.15) is 0 Å². The predicted molar refractivity (Wildman–Crippen MR) is 191 cm³/mol. The molecule has 0 saturated carbocycles. The first kappa shape index (κ1) is 27.1. The first-order valence-electron chi connectivity index (χ1n) is 15.9. The Labute approximate surface area is 264 Å². The quantitative estimate of drug-likeness (QED) is 0.179. The first-order valence-corrected chi connectivity index (χ1v) is 15.9. The van der Waals surface area contributed by atoms with Crippen LogP contribution in [0.1, 0.15) is 26.3 Å². The van der Waals surface area contributed by atoms with E-state index in [4.69, 9.17) is 4.98 Å². The molecule has 0 aliphatic rings. The maximum absolute atomic E-state index is 5.22. The number of fused-ring (bicyclic) bond motifs is 3. The SMILES string of the molecule is CCC(C)n1c(-c2ccccc2)nc2cc(-c3ccc4c(-c5ccccc5)c5ccccc5c(-c5ccccc5)c4c3)ccc21. The number of aromatic nitrogens is 2. The summed E-state index contributed by atoms with van der Waals surface area (Å²) in [4.78, 5) is 5.22. The molecular formula is C43H34N2. The molecule has 0 fully saturated rings. The third-order valence-corrected chi connectivity index (χ3v) is 9.24. The average Bonchev–Trinajstić information content (AvgIpc) is 3.50. The molecule has 0 aliphatic heterocycles. The van der Waals surface area contributed by atoms with E-state index < -0.39 is 0 Å². The minimum Gasteiger partial charge on any atom is -0.321 e. The average molecular weight is 579 g/mol. The summed E-state index contributed by atoms with van der Waals surface area (Å²) in [6, 6.07) is 55.2. The largest absolute Gasteiger partial charge is 0.321 e. The third-order valence-electron chi connectivity index (χ3n) is 9.24. The van der Waals surface area contributed by atoms with Crippen molar-refractivity contribution in [2.45, 2.75) is 26.3 Å². The van der Waals surface area contributed by atoms with Crippen molar-refractivity contribution in [2.75, 3.05) is 0 Å². The van der Waals surface area contributed by atoms with Gasteiger partial charge >= 0.3 is 0 Å². The van der Waals surface area contributed by atoms with Crippen LogP contribution in [0.4, 0.5) is 0 Å². The number of nitrogens with zero attached hydrogens (tertiary/aromatic N) is 2. The van der Waals surface area contributed by atoms with E-state index in [1.54, 1.807) is 0 Å². The summed E-state index contributed by atoms with van der Waals surface area (Å²) in [7, 11) is 0. The van der Waals surface area contributed by atoms with Gasteiger partial charge in [-0.1, -0.05) is 140 Å². The molecule has 45 heavy (non-hydrogen) atoms. The van der Waals surface area contributed by atoms with E-state index in [0.29, 0.717) is 6.04 Å². The van der Waals surface area contributed by atoms with E-state index in [9.17, 15) is 0 Å². The van der Waals surface area contributed by atoms with Crippen LogP contribution in [0.2, 0.25) is 0 Å². The van der Waals surface area contributed by atoms with Gasteiger partial charge in [-0.3, -0.25) is 0 Å². The summed E-state index contributed by atoms with van der Waals surface area (Å²) in [6.07, 6.45) is 1.04. The molecular weight excluding hydrogens is 544 g/mol. The Bertz CT molecular complexity index is 2300. The molecule has 216 valence electrons. The standard InChI is InChI=1S/C43H34N2/c1-3-29(2)45-40-26-24-34(28-39(40)44-43(45)32-19-11-6-12-20-32)33-23-25-37-38(27-33)42(31-17-9-5-10-18-31)36-22-14-13-21-35(36)41(37)30-15-7-4-8-16-30/h4-29H,3H2,1-2H3. The zero-order chi connectivity index (χ0) is 30.3. The lowest BCUT2D eigenvalue weighted by Gasteiger charge is -2.19. The molecule has 0 bridgehead atoms. The Morgan fingerprint density at radius 1 is 0.489 bits per heavy atom. The molecule has 0 radical (unpaired) electrons. The van der Waals surface area contributed by atoms with Gasteiger partial charge in [0.2, 0.25) is 0 Å². The van der Waals surface area contributed by atoms with Crippen LogP contribution in [-0.2, 0) is 0 Å². The zero-order valence-corrected chi connectivity index (χ0v) is 25.6. The fraction of sp³-hybridized carbons (Fsp3) is 0.0930. The molecule has 1 unspecified atom stereocenters. The van der Waals surface area contributed by atoms with Crippen LogP contribution < -0.4 is 0 Å². The minimum absolute atomic E-state index is 0.342. The number of benzene rings is 7. The van der Waals surface area contributed by atoms with Crippen molar-refractivity contribution >= 4 is 32.6 Å².